The number of rotatable bonds is 1. The van der Waals surface area contributed by atoms with E-state index in [9.17, 15) is 5.11 Å². The largest absolute Gasteiger partial charge is 0.385 e. The fourth-order valence-electron chi connectivity index (χ4n) is 2.42. The highest BCUT2D eigenvalue weighted by molar-refractivity contribution is 5.37. The van der Waals surface area contributed by atoms with Crippen LogP contribution in [0.3, 0.4) is 0 Å². The number of aliphatic hydroxyl groups is 1. The van der Waals surface area contributed by atoms with Gasteiger partial charge in [0.1, 0.15) is 0 Å². The van der Waals surface area contributed by atoms with Crippen LogP contribution in [-0.2, 0) is 12.0 Å². The van der Waals surface area contributed by atoms with Crippen molar-refractivity contribution in [1.82, 2.24) is 0 Å². The highest BCUT2D eigenvalue weighted by atomic mass is 16.3. The van der Waals surface area contributed by atoms with E-state index >= 15 is 0 Å². The third-order valence-electron chi connectivity index (χ3n) is 3.32. The molecule has 0 heterocycles. The fourth-order valence-corrected chi connectivity index (χ4v) is 2.42. The van der Waals surface area contributed by atoms with Gasteiger partial charge in [-0.05, 0) is 36.8 Å². The number of hydrogen-bond donors (Lipinski definition) is 1. The standard InChI is InChI=1S/C12H16O/c1-3-10-8-9-6-4-5-7-11(9)12(10,2)13/h4-7,10,13H,3,8H2,1-2H3. The lowest BCUT2D eigenvalue weighted by Gasteiger charge is -2.25. The first-order valence-electron chi connectivity index (χ1n) is 4.97. The van der Waals surface area contributed by atoms with Gasteiger partial charge in [0.2, 0.25) is 0 Å². The van der Waals surface area contributed by atoms with Crippen LogP contribution in [-0.4, -0.2) is 5.11 Å². The Hall–Kier alpha value is -0.820. The molecule has 0 saturated carbocycles. The Morgan fingerprint density at radius 2 is 2.15 bits per heavy atom. The summed E-state index contributed by atoms with van der Waals surface area (Å²) in [6.45, 7) is 4.08. The molecule has 1 aromatic carbocycles. The summed E-state index contributed by atoms with van der Waals surface area (Å²) in [5.74, 6) is 0.393. The predicted molar refractivity (Wildman–Crippen MR) is 53.5 cm³/mol. The average molecular weight is 176 g/mol. The van der Waals surface area contributed by atoms with Gasteiger partial charge in [-0.3, -0.25) is 0 Å². The minimum atomic E-state index is -0.606. The smallest absolute Gasteiger partial charge is 0.0902 e. The Morgan fingerprint density at radius 3 is 2.77 bits per heavy atom. The monoisotopic (exact) mass is 176 g/mol. The summed E-state index contributed by atoms with van der Waals surface area (Å²) >= 11 is 0. The first kappa shape index (κ1) is 8.76. The van der Waals surface area contributed by atoms with Crippen LogP contribution < -0.4 is 0 Å². The quantitative estimate of drug-likeness (QED) is 0.697. The zero-order valence-corrected chi connectivity index (χ0v) is 8.25. The first-order chi connectivity index (χ1) is 6.16. The molecule has 0 radical (unpaired) electrons. The SMILES string of the molecule is CCC1Cc2ccccc2C1(C)O. The van der Waals surface area contributed by atoms with Crippen molar-refractivity contribution in [3.63, 3.8) is 0 Å². The van der Waals surface area contributed by atoms with Gasteiger partial charge in [0.15, 0.2) is 0 Å². The van der Waals surface area contributed by atoms with Crippen LogP contribution in [0.1, 0.15) is 31.4 Å². The van der Waals surface area contributed by atoms with Crippen molar-refractivity contribution in [1.29, 1.82) is 0 Å². The molecule has 0 spiro atoms. The Bertz CT molecular complexity index is 315. The molecule has 2 rings (SSSR count). The van der Waals surface area contributed by atoms with Crippen molar-refractivity contribution in [2.75, 3.05) is 0 Å². The maximum absolute atomic E-state index is 10.3. The lowest BCUT2D eigenvalue weighted by Crippen LogP contribution is -2.26. The molecule has 0 bridgehead atoms. The summed E-state index contributed by atoms with van der Waals surface area (Å²) in [6.07, 6.45) is 2.07. The molecule has 0 aromatic heterocycles. The Labute approximate surface area is 79.4 Å². The molecule has 2 atom stereocenters. The van der Waals surface area contributed by atoms with Crippen LogP contribution in [0.2, 0.25) is 0 Å². The number of fused-ring (bicyclic) bond motifs is 1. The lowest BCUT2D eigenvalue weighted by molar-refractivity contribution is 0.00605. The molecule has 1 aliphatic rings. The molecule has 1 N–H and O–H groups in total. The molecule has 1 heteroatoms. The highest BCUT2D eigenvalue weighted by Gasteiger charge is 2.39. The molecule has 13 heavy (non-hydrogen) atoms. The molecule has 0 amide bonds. The van der Waals surface area contributed by atoms with Gasteiger partial charge in [-0.25, -0.2) is 0 Å². The second-order valence-corrected chi connectivity index (χ2v) is 4.11. The van der Waals surface area contributed by atoms with E-state index in [4.69, 9.17) is 0 Å². The minimum Gasteiger partial charge on any atom is -0.385 e. The predicted octanol–water partition coefficient (Wildman–Crippen LogP) is 2.48. The highest BCUT2D eigenvalue weighted by Crippen LogP contribution is 2.42. The summed E-state index contributed by atoms with van der Waals surface area (Å²) in [5.41, 5.74) is 1.84. The summed E-state index contributed by atoms with van der Waals surface area (Å²) < 4.78 is 0. The molecule has 2 unspecified atom stereocenters. The number of benzene rings is 1. The zero-order valence-electron chi connectivity index (χ0n) is 8.25. The molecule has 70 valence electrons. The normalized spacial score (nSPS) is 31.8. The summed E-state index contributed by atoms with van der Waals surface area (Å²) in [5, 5.41) is 10.3. The van der Waals surface area contributed by atoms with Crippen molar-refractivity contribution in [3.8, 4) is 0 Å². The van der Waals surface area contributed by atoms with E-state index in [1.807, 2.05) is 25.1 Å². The van der Waals surface area contributed by atoms with Gasteiger partial charge in [0.25, 0.3) is 0 Å². The van der Waals surface area contributed by atoms with Gasteiger partial charge in [-0.15, -0.1) is 0 Å². The van der Waals surface area contributed by atoms with Gasteiger partial charge in [0.05, 0.1) is 5.60 Å². The molecule has 1 aromatic rings. The maximum atomic E-state index is 10.3. The van der Waals surface area contributed by atoms with Gasteiger partial charge < -0.3 is 5.11 Å². The Balaban J connectivity index is 2.47. The van der Waals surface area contributed by atoms with Crippen LogP contribution in [0.15, 0.2) is 24.3 Å². The zero-order chi connectivity index (χ0) is 9.47. The van der Waals surface area contributed by atoms with E-state index in [2.05, 4.69) is 13.0 Å². The molecule has 0 saturated heterocycles. The van der Waals surface area contributed by atoms with Gasteiger partial charge in [-0.1, -0.05) is 31.2 Å². The van der Waals surface area contributed by atoms with E-state index in [-0.39, 0.29) is 0 Å². The molecular formula is C12H16O. The third kappa shape index (κ3) is 1.19. The van der Waals surface area contributed by atoms with E-state index in [0.29, 0.717) is 5.92 Å². The van der Waals surface area contributed by atoms with Crippen molar-refractivity contribution in [2.45, 2.75) is 32.3 Å². The second-order valence-electron chi connectivity index (χ2n) is 4.11. The van der Waals surface area contributed by atoms with Crippen molar-refractivity contribution in [2.24, 2.45) is 5.92 Å². The van der Waals surface area contributed by atoms with Gasteiger partial charge >= 0.3 is 0 Å². The summed E-state index contributed by atoms with van der Waals surface area (Å²) in [6, 6.07) is 8.22. The average Bonchev–Trinajstić information content (AvgIpc) is 2.39. The third-order valence-corrected chi connectivity index (χ3v) is 3.32. The van der Waals surface area contributed by atoms with Crippen LogP contribution in [0.25, 0.3) is 0 Å². The topological polar surface area (TPSA) is 20.2 Å². The van der Waals surface area contributed by atoms with Crippen LogP contribution in [0.4, 0.5) is 0 Å². The summed E-state index contributed by atoms with van der Waals surface area (Å²) in [7, 11) is 0. The second kappa shape index (κ2) is 2.85. The lowest BCUT2D eigenvalue weighted by atomic mass is 9.88. The molecule has 1 nitrogen and oxygen atoms in total. The van der Waals surface area contributed by atoms with Crippen molar-refractivity contribution < 1.29 is 5.11 Å². The summed E-state index contributed by atoms with van der Waals surface area (Å²) in [4.78, 5) is 0. The number of hydrogen-bond acceptors (Lipinski definition) is 1. The molecule has 0 aliphatic heterocycles. The van der Waals surface area contributed by atoms with E-state index in [1.54, 1.807) is 0 Å². The van der Waals surface area contributed by atoms with Crippen LogP contribution in [0.5, 0.6) is 0 Å². The van der Waals surface area contributed by atoms with E-state index < -0.39 is 5.60 Å². The van der Waals surface area contributed by atoms with E-state index in [0.717, 1.165) is 18.4 Å². The fraction of sp³-hybridized carbons (Fsp3) is 0.500. The Morgan fingerprint density at radius 1 is 1.46 bits per heavy atom. The molecule has 1 aliphatic carbocycles. The van der Waals surface area contributed by atoms with Crippen molar-refractivity contribution >= 4 is 0 Å². The molecule has 0 fully saturated rings. The van der Waals surface area contributed by atoms with E-state index in [1.165, 1.54) is 5.56 Å². The van der Waals surface area contributed by atoms with Crippen LogP contribution in [0, 0.1) is 5.92 Å². The van der Waals surface area contributed by atoms with Crippen molar-refractivity contribution in [3.05, 3.63) is 35.4 Å². The first-order valence-corrected chi connectivity index (χ1v) is 4.97. The maximum Gasteiger partial charge on any atom is 0.0902 e. The Kier molecular flexibility index (Phi) is 1.92. The van der Waals surface area contributed by atoms with Crippen LogP contribution >= 0.6 is 0 Å². The minimum absolute atomic E-state index is 0.393. The van der Waals surface area contributed by atoms with Gasteiger partial charge in [-0.2, -0.15) is 0 Å². The molecular weight excluding hydrogens is 160 g/mol. The van der Waals surface area contributed by atoms with Gasteiger partial charge in [0, 0.05) is 0 Å².